The Labute approximate surface area is 98.6 Å². The van der Waals surface area contributed by atoms with Gasteiger partial charge in [0, 0.05) is 5.69 Å². The molecule has 0 saturated carbocycles. The third-order valence-electron chi connectivity index (χ3n) is 2.44. The van der Waals surface area contributed by atoms with Crippen LogP contribution in [0.2, 0.25) is 0 Å². The molecule has 0 atom stereocenters. The second-order valence-corrected chi connectivity index (χ2v) is 3.65. The summed E-state index contributed by atoms with van der Waals surface area (Å²) in [5, 5.41) is 0. The monoisotopic (exact) mass is 228 g/mol. The van der Waals surface area contributed by atoms with E-state index in [0.29, 0.717) is 0 Å². The predicted molar refractivity (Wildman–Crippen MR) is 69.3 cm³/mol. The number of anilines is 1. The van der Waals surface area contributed by atoms with Crippen molar-refractivity contribution < 1.29 is 0 Å². The molecular weight excluding hydrogens is 208 g/mol. The number of hydrogen-bond donors (Lipinski definition) is 2. The van der Waals surface area contributed by atoms with Gasteiger partial charge in [0.05, 0.1) is 0 Å². The van der Waals surface area contributed by atoms with Crippen LogP contribution >= 0.6 is 12.4 Å². The van der Waals surface area contributed by atoms with E-state index in [0.717, 1.165) is 5.69 Å². The van der Waals surface area contributed by atoms with Crippen LogP contribution < -0.4 is 11.3 Å². The highest BCUT2D eigenvalue weighted by atomic mass is 35.5. The van der Waals surface area contributed by atoms with E-state index in [4.69, 9.17) is 5.84 Å². The van der Waals surface area contributed by atoms with E-state index in [1.165, 1.54) is 37.7 Å². The van der Waals surface area contributed by atoms with Gasteiger partial charge >= 0.3 is 0 Å². The van der Waals surface area contributed by atoms with Crippen LogP contribution in [-0.2, 0) is 6.42 Å². The van der Waals surface area contributed by atoms with Gasteiger partial charge in [0.2, 0.25) is 0 Å². The summed E-state index contributed by atoms with van der Waals surface area (Å²) in [4.78, 5) is 0. The molecule has 0 unspecified atom stereocenters. The zero-order valence-electron chi connectivity index (χ0n) is 9.33. The highest BCUT2D eigenvalue weighted by molar-refractivity contribution is 5.85. The van der Waals surface area contributed by atoms with Gasteiger partial charge < -0.3 is 5.43 Å². The summed E-state index contributed by atoms with van der Waals surface area (Å²) in [6.07, 6.45) is 6.47. The quantitative estimate of drug-likeness (QED) is 0.444. The van der Waals surface area contributed by atoms with E-state index < -0.39 is 0 Å². The molecule has 1 aromatic rings. The first kappa shape index (κ1) is 14.3. The largest absolute Gasteiger partial charge is 0.324 e. The molecule has 86 valence electrons. The van der Waals surface area contributed by atoms with Gasteiger partial charge in [0.1, 0.15) is 0 Å². The SMILES string of the molecule is CCCCCCc1ccc(NN)cc1.Cl. The molecule has 1 aromatic carbocycles. The number of nitrogen functional groups attached to an aromatic ring is 1. The van der Waals surface area contributed by atoms with Gasteiger partial charge in [-0.2, -0.15) is 0 Å². The first-order valence-electron chi connectivity index (χ1n) is 5.42. The summed E-state index contributed by atoms with van der Waals surface area (Å²) in [5.41, 5.74) is 5.01. The lowest BCUT2D eigenvalue weighted by Crippen LogP contribution is -2.06. The van der Waals surface area contributed by atoms with E-state index in [9.17, 15) is 0 Å². The minimum atomic E-state index is 0. The molecule has 0 saturated heterocycles. The summed E-state index contributed by atoms with van der Waals surface area (Å²) < 4.78 is 0. The Kier molecular flexibility index (Phi) is 8.15. The molecule has 0 aromatic heterocycles. The van der Waals surface area contributed by atoms with Gasteiger partial charge in [0.15, 0.2) is 0 Å². The molecule has 3 N–H and O–H groups in total. The lowest BCUT2D eigenvalue weighted by atomic mass is 10.1. The van der Waals surface area contributed by atoms with E-state index in [-0.39, 0.29) is 12.4 Å². The molecule has 0 aliphatic carbocycles. The zero-order valence-corrected chi connectivity index (χ0v) is 10.1. The molecule has 0 aliphatic rings. The van der Waals surface area contributed by atoms with Crippen LogP contribution in [0.1, 0.15) is 38.2 Å². The van der Waals surface area contributed by atoms with Crippen LogP contribution in [0.3, 0.4) is 0 Å². The fourth-order valence-corrected chi connectivity index (χ4v) is 1.52. The third kappa shape index (κ3) is 5.65. The van der Waals surface area contributed by atoms with Crippen LogP contribution in [0.5, 0.6) is 0 Å². The second-order valence-electron chi connectivity index (χ2n) is 3.65. The van der Waals surface area contributed by atoms with Crippen molar-refractivity contribution in [3.05, 3.63) is 29.8 Å². The minimum absolute atomic E-state index is 0. The molecule has 0 fully saturated rings. The maximum absolute atomic E-state index is 5.29. The normalized spacial score (nSPS) is 9.47. The molecule has 0 spiro atoms. The number of halogens is 1. The first-order valence-corrected chi connectivity index (χ1v) is 5.42. The number of aryl methyl sites for hydroxylation is 1. The Morgan fingerprint density at radius 2 is 1.73 bits per heavy atom. The number of unbranched alkanes of at least 4 members (excludes halogenated alkanes) is 3. The van der Waals surface area contributed by atoms with Crippen molar-refractivity contribution in [3.63, 3.8) is 0 Å². The number of nitrogens with one attached hydrogen (secondary N) is 1. The lowest BCUT2D eigenvalue weighted by molar-refractivity contribution is 0.667. The summed E-state index contributed by atoms with van der Waals surface area (Å²) >= 11 is 0. The Balaban J connectivity index is 0.00000196. The number of rotatable bonds is 6. The van der Waals surface area contributed by atoms with Crippen LogP contribution in [0, 0.1) is 0 Å². The van der Waals surface area contributed by atoms with Crippen LogP contribution in [0.25, 0.3) is 0 Å². The maximum Gasteiger partial charge on any atom is 0.0485 e. The van der Waals surface area contributed by atoms with Gasteiger partial charge in [-0.1, -0.05) is 38.3 Å². The Bertz CT molecular complexity index is 246. The van der Waals surface area contributed by atoms with E-state index in [2.05, 4.69) is 24.5 Å². The Morgan fingerprint density at radius 1 is 1.07 bits per heavy atom. The van der Waals surface area contributed by atoms with Gasteiger partial charge in [-0.05, 0) is 30.5 Å². The predicted octanol–water partition coefficient (Wildman–Crippen LogP) is 3.52. The average Bonchev–Trinajstić information content (AvgIpc) is 2.25. The van der Waals surface area contributed by atoms with E-state index in [1.807, 2.05) is 12.1 Å². The summed E-state index contributed by atoms with van der Waals surface area (Å²) in [6, 6.07) is 8.33. The van der Waals surface area contributed by atoms with Crippen molar-refractivity contribution in [1.82, 2.24) is 0 Å². The molecule has 0 aliphatic heterocycles. The maximum atomic E-state index is 5.29. The van der Waals surface area contributed by atoms with Gasteiger partial charge in [-0.25, -0.2) is 0 Å². The molecule has 3 heteroatoms. The fourth-order valence-electron chi connectivity index (χ4n) is 1.52. The van der Waals surface area contributed by atoms with E-state index in [1.54, 1.807) is 0 Å². The van der Waals surface area contributed by atoms with Crippen molar-refractivity contribution in [1.29, 1.82) is 0 Å². The molecule has 0 amide bonds. The zero-order chi connectivity index (χ0) is 10.2. The Hall–Kier alpha value is -0.730. The Morgan fingerprint density at radius 3 is 2.27 bits per heavy atom. The molecular formula is C12H21ClN2. The van der Waals surface area contributed by atoms with Crippen molar-refractivity contribution in [3.8, 4) is 0 Å². The molecule has 0 radical (unpaired) electrons. The van der Waals surface area contributed by atoms with Crippen molar-refractivity contribution >= 4 is 18.1 Å². The van der Waals surface area contributed by atoms with Crippen molar-refractivity contribution in [2.24, 2.45) is 5.84 Å². The highest BCUT2D eigenvalue weighted by Crippen LogP contribution is 2.11. The first-order chi connectivity index (χ1) is 6.86. The lowest BCUT2D eigenvalue weighted by Gasteiger charge is -2.03. The van der Waals surface area contributed by atoms with E-state index >= 15 is 0 Å². The number of nitrogens with two attached hydrogens (primary N) is 1. The fraction of sp³-hybridized carbons (Fsp3) is 0.500. The van der Waals surface area contributed by atoms with Crippen LogP contribution in [0.4, 0.5) is 5.69 Å². The summed E-state index contributed by atoms with van der Waals surface area (Å²) in [5.74, 6) is 5.29. The third-order valence-corrected chi connectivity index (χ3v) is 2.44. The molecule has 0 heterocycles. The van der Waals surface area contributed by atoms with Crippen molar-refractivity contribution in [2.75, 3.05) is 5.43 Å². The summed E-state index contributed by atoms with van der Waals surface area (Å²) in [7, 11) is 0. The van der Waals surface area contributed by atoms with Crippen molar-refractivity contribution in [2.45, 2.75) is 39.0 Å². The topological polar surface area (TPSA) is 38.0 Å². The smallest absolute Gasteiger partial charge is 0.0485 e. The second kappa shape index (κ2) is 8.57. The number of benzene rings is 1. The standard InChI is InChI=1S/C12H20N2.ClH/c1-2-3-4-5-6-11-7-9-12(14-13)10-8-11;/h7-10,14H,2-6,13H2,1H3;1H. The molecule has 15 heavy (non-hydrogen) atoms. The number of hydrogen-bond acceptors (Lipinski definition) is 2. The van der Waals surface area contributed by atoms with Gasteiger partial charge in [-0.15, -0.1) is 12.4 Å². The van der Waals surface area contributed by atoms with Gasteiger partial charge in [0.25, 0.3) is 0 Å². The minimum Gasteiger partial charge on any atom is -0.324 e. The summed E-state index contributed by atoms with van der Waals surface area (Å²) in [6.45, 7) is 2.24. The molecule has 1 rings (SSSR count). The van der Waals surface area contributed by atoms with Gasteiger partial charge in [-0.3, -0.25) is 5.84 Å². The highest BCUT2D eigenvalue weighted by Gasteiger charge is 1.93. The molecule has 0 bridgehead atoms. The van der Waals surface area contributed by atoms with Crippen LogP contribution in [0.15, 0.2) is 24.3 Å². The van der Waals surface area contributed by atoms with Crippen LogP contribution in [-0.4, -0.2) is 0 Å². The average molecular weight is 229 g/mol. The molecule has 2 nitrogen and oxygen atoms in total. The number of hydrazine groups is 1.